The molecular formula is C32H34N4O6. The number of benzene rings is 3. The maximum absolute atomic E-state index is 13.7. The van der Waals surface area contributed by atoms with Gasteiger partial charge in [0, 0.05) is 17.3 Å². The van der Waals surface area contributed by atoms with E-state index in [1.165, 1.54) is 16.2 Å². The Balaban J connectivity index is 1.29. The molecule has 1 saturated carbocycles. The Bertz CT molecular complexity index is 1500. The van der Waals surface area contributed by atoms with Gasteiger partial charge >= 0.3 is 0 Å². The summed E-state index contributed by atoms with van der Waals surface area (Å²) in [6, 6.07) is 17.6. The molecule has 3 aromatic carbocycles. The molecule has 2 aliphatic heterocycles. The van der Waals surface area contributed by atoms with E-state index < -0.39 is 12.3 Å². The molecule has 0 spiro atoms. The molecule has 6 rings (SSSR count). The number of nitrogens with zero attached hydrogens (tertiary/aromatic N) is 2. The summed E-state index contributed by atoms with van der Waals surface area (Å²) >= 11 is 0. The number of nitrogens with one attached hydrogen (secondary N) is 2. The van der Waals surface area contributed by atoms with Gasteiger partial charge < -0.3 is 30.1 Å². The van der Waals surface area contributed by atoms with Crippen molar-refractivity contribution < 1.29 is 29.0 Å². The molecule has 1 unspecified atom stereocenters. The first kappa shape index (κ1) is 27.6. The minimum Gasteiger partial charge on any atom is -0.454 e. The first-order valence-corrected chi connectivity index (χ1v) is 14.3. The number of hydrogen-bond acceptors (Lipinski definition) is 7. The number of aliphatic hydroxyl groups is 1. The van der Waals surface area contributed by atoms with Gasteiger partial charge in [0.15, 0.2) is 11.5 Å². The van der Waals surface area contributed by atoms with Crippen LogP contribution in [0.2, 0.25) is 0 Å². The molecule has 2 heterocycles. The highest BCUT2D eigenvalue weighted by Gasteiger charge is 2.38. The third-order valence-corrected chi connectivity index (χ3v) is 8.00. The summed E-state index contributed by atoms with van der Waals surface area (Å²) in [6.07, 6.45) is 3.75. The molecule has 3 aliphatic rings. The van der Waals surface area contributed by atoms with Gasteiger partial charge in [-0.05, 0) is 67.8 Å². The highest BCUT2D eigenvalue weighted by atomic mass is 16.7. The van der Waals surface area contributed by atoms with Gasteiger partial charge in [-0.3, -0.25) is 19.3 Å². The Hall–Kier alpha value is -4.57. The fraction of sp³-hybridized carbons (Fsp3) is 0.344. The molecule has 1 aliphatic carbocycles. The quantitative estimate of drug-likeness (QED) is 0.390. The fourth-order valence-electron chi connectivity index (χ4n) is 5.71. The van der Waals surface area contributed by atoms with Gasteiger partial charge in [0.25, 0.3) is 11.8 Å². The van der Waals surface area contributed by atoms with Crippen molar-refractivity contribution in [2.24, 2.45) is 0 Å². The number of anilines is 2. The van der Waals surface area contributed by atoms with Crippen LogP contribution in [0, 0.1) is 6.92 Å². The predicted molar refractivity (Wildman–Crippen MR) is 156 cm³/mol. The van der Waals surface area contributed by atoms with Crippen LogP contribution in [-0.4, -0.2) is 53.5 Å². The predicted octanol–water partition coefficient (Wildman–Crippen LogP) is 4.16. The van der Waals surface area contributed by atoms with E-state index in [2.05, 4.69) is 10.6 Å². The second kappa shape index (κ2) is 11.7. The third kappa shape index (κ3) is 5.75. The van der Waals surface area contributed by atoms with Crippen LogP contribution in [0.15, 0.2) is 60.7 Å². The lowest BCUT2D eigenvalue weighted by atomic mass is 9.95. The molecule has 3 aromatic rings. The molecule has 10 nitrogen and oxygen atoms in total. The minimum atomic E-state index is -1.46. The molecule has 1 atom stereocenters. The van der Waals surface area contributed by atoms with Crippen LogP contribution in [0.4, 0.5) is 11.4 Å². The smallest absolute Gasteiger partial charge is 0.259 e. The number of aryl methyl sites for hydroxylation is 1. The van der Waals surface area contributed by atoms with Gasteiger partial charge in [0.05, 0.1) is 17.8 Å². The van der Waals surface area contributed by atoms with E-state index in [4.69, 9.17) is 9.47 Å². The zero-order valence-electron chi connectivity index (χ0n) is 23.5. The topological polar surface area (TPSA) is 120 Å². The lowest BCUT2D eigenvalue weighted by Crippen LogP contribution is -2.56. The summed E-state index contributed by atoms with van der Waals surface area (Å²) in [4.78, 5) is 42.8. The Morgan fingerprint density at radius 1 is 0.929 bits per heavy atom. The zero-order valence-corrected chi connectivity index (χ0v) is 23.5. The molecule has 0 saturated heterocycles. The van der Waals surface area contributed by atoms with Crippen molar-refractivity contribution in [3.05, 3.63) is 82.9 Å². The van der Waals surface area contributed by atoms with Gasteiger partial charge in [-0.25, -0.2) is 0 Å². The van der Waals surface area contributed by atoms with Crippen LogP contribution in [0.1, 0.15) is 63.9 Å². The monoisotopic (exact) mass is 570 g/mol. The van der Waals surface area contributed by atoms with Crippen LogP contribution >= 0.6 is 0 Å². The van der Waals surface area contributed by atoms with Crippen LogP contribution in [0.25, 0.3) is 0 Å². The number of amides is 3. The Labute approximate surface area is 244 Å². The average molecular weight is 571 g/mol. The van der Waals surface area contributed by atoms with Crippen molar-refractivity contribution in [3.8, 4) is 11.5 Å². The van der Waals surface area contributed by atoms with E-state index in [1.54, 1.807) is 48.5 Å². The SMILES string of the molecule is Cc1ccc(NC(=O)CN2c3cc(C(=O)NC4CCCCC4)ccc3C(=O)N(Cc3ccc4c(c3)OCO4)C2O)cc1. The van der Waals surface area contributed by atoms with E-state index in [0.29, 0.717) is 34.0 Å². The first-order chi connectivity index (χ1) is 20.4. The molecule has 3 amide bonds. The number of ether oxygens (including phenoxy) is 2. The van der Waals surface area contributed by atoms with Crippen LogP contribution in [0.3, 0.4) is 0 Å². The number of carbonyl (C=O) groups excluding carboxylic acids is 3. The van der Waals surface area contributed by atoms with Crippen LogP contribution < -0.4 is 25.0 Å². The highest BCUT2D eigenvalue weighted by Crippen LogP contribution is 2.35. The fourth-order valence-corrected chi connectivity index (χ4v) is 5.71. The van der Waals surface area contributed by atoms with Crippen molar-refractivity contribution in [1.82, 2.24) is 10.2 Å². The summed E-state index contributed by atoms with van der Waals surface area (Å²) < 4.78 is 10.9. The molecular weight excluding hydrogens is 536 g/mol. The van der Waals surface area contributed by atoms with E-state index in [-0.39, 0.29) is 37.7 Å². The normalized spacial score (nSPS) is 18.0. The van der Waals surface area contributed by atoms with Gasteiger partial charge in [-0.1, -0.05) is 43.0 Å². The largest absolute Gasteiger partial charge is 0.454 e. The minimum absolute atomic E-state index is 0.0656. The Morgan fingerprint density at radius 2 is 1.69 bits per heavy atom. The van der Waals surface area contributed by atoms with Crippen molar-refractivity contribution in [3.63, 3.8) is 0 Å². The molecule has 1 fully saturated rings. The number of aliphatic hydroxyl groups excluding tert-OH is 1. The van der Waals surface area contributed by atoms with Crippen molar-refractivity contribution >= 4 is 29.1 Å². The Kier molecular flexibility index (Phi) is 7.71. The summed E-state index contributed by atoms with van der Waals surface area (Å²) in [5.41, 5.74) is 3.38. The van der Waals surface area contributed by atoms with Gasteiger partial charge in [0.2, 0.25) is 19.1 Å². The van der Waals surface area contributed by atoms with Gasteiger partial charge in [-0.2, -0.15) is 0 Å². The standard InChI is InChI=1S/C32H34N4O6/c1-20-7-11-24(12-8-20)33-29(37)18-35-26-16-22(30(38)34-23-5-3-2-4-6-23)10-13-25(26)31(39)36(32(35)40)17-21-9-14-27-28(15-21)42-19-41-27/h7-16,23,32,40H,2-6,17-19H2,1H3,(H,33,37)(H,34,38). The van der Waals surface area contributed by atoms with Crippen molar-refractivity contribution in [2.75, 3.05) is 23.6 Å². The molecule has 0 aromatic heterocycles. The maximum Gasteiger partial charge on any atom is 0.259 e. The van der Waals surface area contributed by atoms with Gasteiger partial charge in [0.1, 0.15) is 6.54 Å². The summed E-state index contributed by atoms with van der Waals surface area (Å²) in [6.45, 7) is 1.90. The molecule has 0 bridgehead atoms. The van der Waals surface area contributed by atoms with E-state index in [0.717, 1.165) is 36.8 Å². The highest BCUT2D eigenvalue weighted by molar-refractivity contribution is 6.05. The molecule has 218 valence electrons. The number of carbonyl (C=O) groups is 3. The molecule has 10 heteroatoms. The van der Waals surface area contributed by atoms with E-state index in [9.17, 15) is 19.5 Å². The van der Waals surface area contributed by atoms with E-state index >= 15 is 0 Å². The second-order valence-corrected chi connectivity index (χ2v) is 11.0. The van der Waals surface area contributed by atoms with Gasteiger partial charge in [-0.15, -0.1) is 0 Å². The molecule has 42 heavy (non-hydrogen) atoms. The van der Waals surface area contributed by atoms with Crippen LogP contribution in [0.5, 0.6) is 11.5 Å². The molecule has 3 N–H and O–H groups in total. The Morgan fingerprint density at radius 3 is 2.48 bits per heavy atom. The number of fused-ring (bicyclic) bond motifs is 2. The number of hydrogen-bond donors (Lipinski definition) is 3. The van der Waals surface area contributed by atoms with Crippen molar-refractivity contribution in [1.29, 1.82) is 0 Å². The summed E-state index contributed by atoms with van der Waals surface area (Å²) in [5, 5.41) is 17.5. The lowest BCUT2D eigenvalue weighted by Gasteiger charge is -2.42. The number of rotatable bonds is 7. The van der Waals surface area contributed by atoms with Crippen molar-refractivity contribution in [2.45, 2.75) is 58.0 Å². The summed E-state index contributed by atoms with van der Waals surface area (Å²) in [5.74, 6) is 0.152. The third-order valence-electron chi connectivity index (χ3n) is 8.00. The average Bonchev–Trinajstić information content (AvgIpc) is 3.47. The zero-order chi connectivity index (χ0) is 29.2. The maximum atomic E-state index is 13.7. The van der Waals surface area contributed by atoms with E-state index in [1.807, 2.05) is 19.1 Å². The first-order valence-electron chi connectivity index (χ1n) is 14.3. The lowest BCUT2D eigenvalue weighted by molar-refractivity contribution is -0.115. The van der Waals surface area contributed by atoms with Crippen LogP contribution in [-0.2, 0) is 11.3 Å². The second-order valence-electron chi connectivity index (χ2n) is 11.0. The molecule has 0 radical (unpaired) electrons. The summed E-state index contributed by atoms with van der Waals surface area (Å²) in [7, 11) is 0.